The highest BCUT2D eigenvalue weighted by Crippen LogP contribution is 2.12. The number of likely N-dealkylation sites (tertiary alicyclic amines) is 1. The van der Waals surface area contributed by atoms with Gasteiger partial charge in [0.05, 0.1) is 6.54 Å². The summed E-state index contributed by atoms with van der Waals surface area (Å²) in [7, 11) is 3.90. The molecule has 0 amide bonds. The van der Waals surface area contributed by atoms with Gasteiger partial charge in [-0.2, -0.15) is 0 Å². The normalized spacial score (nSPS) is 22.4. The Hall–Kier alpha value is -0.830. The highest BCUT2D eigenvalue weighted by atomic mass is 16.1. The molecule has 0 radical (unpaired) electrons. The highest BCUT2D eigenvalue weighted by Gasteiger charge is 2.19. The van der Waals surface area contributed by atoms with Crippen LogP contribution in [0, 0.1) is 0 Å². The highest BCUT2D eigenvalue weighted by molar-refractivity contribution is 5.97. The maximum atomic E-state index is 11.6. The number of carbonyl (C=O) groups excluding carboxylic acids is 1. The minimum absolute atomic E-state index is 0.279. The quantitative estimate of drug-likeness (QED) is 0.588. The summed E-state index contributed by atoms with van der Waals surface area (Å²) in [6.07, 6.45) is 2.83. The zero-order valence-corrected chi connectivity index (χ0v) is 8.71. The summed E-state index contributed by atoms with van der Waals surface area (Å²) in [5, 5.41) is 0. The van der Waals surface area contributed by atoms with Crippen LogP contribution < -0.4 is 0 Å². The van der Waals surface area contributed by atoms with Gasteiger partial charge in [0.2, 0.25) is 0 Å². The zero-order chi connectivity index (χ0) is 9.84. The second-order valence-electron chi connectivity index (χ2n) is 3.66. The molecule has 1 heterocycles. The number of carbonyl (C=O) groups is 1. The fourth-order valence-electron chi connectivity index (χ4n) is 1.52. The third kappa shape index (κ3) is 2.84. The predicted molar refractivity (Wildman–Crippen MR) is 53.5 cm³/mol. The van der Waals surface area contributed by atoms with Crippen LogP contribution in [0.1, 0.15) is 13.3 Å². The number of hydrogen-bond acceptors (Lipinski definition) is 3. The first-order chi connectivity index (χ1) is 6.13. The summed E-state index contributed by atoms with van der Waals surface area (Å²) in [6, 6.07) is 0. The van der Waals surface area contributed by atoms with Gasteiger partial charge in [-0.15, -0.1) is 0 Å². The Balaban J connectivity index is 2.58. The van der Waals surface area contributed by atoms with E-state index >= 15 is 0 Å². The van der Waals surface area contributed by atoms with Crippen LogP contribution in [-0.4, -0.2) is 49.3 Å². The monoisotopic (exact) mass is 182 g/mol. The molecule has 3 heteroatoms. The van der Waals surface area contributed by atoms with Gasteiger partial charge in [0.15, 0.2) is 5.78 Å². The van der Waals surface area contributed by atoms with Gasteiger partial charge in [-0.1, -0.05) is 6.92 Å². The fraction of sp³-hybridized carbons (Fsp3) is 0.700. The number of hydrogen-bond donors (Lipinski definition) is 0. The Kier molecular flexibility index (Phi) is 3.48. The molecule has 1 rings (SSSR count). The summed E-state index contributed by atoms with van der Waals surface area (Å²) in [4.78, 5) is 15.7. The lowest BCUT2D eigenvalue weighted by Gasteiger charge is -2.26. The number of likely N-dealkylation sites (N-methyl/N-ethyl adjacent to an activating group) is 1. The van der Waals surface area contributed by atoms with Gasteiger partial charge in [-0.3, -0.25) is 9.69 Å². The average Bonchev–Trinajstić information content (AvgIpc) is 2.08. The molecule has 0 atom stereocenters. The van der Waals surface area contributed by atoms with Gasteiger partial charge in [0.1, 0.15) is 0 Å². The number of rotatable bonds is 2. The summed E-state index contributed by atoms with van der Waals surface area (Å²) in [5.74, 6) is 0.279. The van der Waals surface area contributed by atoms with Crippen molar-refractivity contribution >= 4 is 5.78 Å². The molecule has 0 aromatic carbocycles. The van der Waals surface area contributed by atoms with Gasteiger partial charge in [-0.25, -0.2) is 0 Å². The molecule has 1 aliphatic heterocycles. The Morgan fingerprint density at radius 1 is 1.54 bits per heavy atom. The molecule has 0 unspecified atom stereocenters. The topological polar surface area (TPSA) is 23.6 Å². The van der Waals surface area contributed by atoms with Crippen LogP contribution in [0.3, 0.4) is 0 Å². The van der Waals surface area contributed by atoms with Crippen molar-refractivity contribution in [3.05, 3.63) is 11.8 Å². The molecule has 0 aliphatic carbocycles. The number of piperidine rings is 1. The third-order valence-corrected chi connectivity index (χ3v) is 2.28. The Bertz CT molecular complexity index is 221. The van der Waals surface area contributed by atoms with E-state index < -0.39 is 0 Å². The van der Waals surface area contributed by atoms with Crippen LogP contribution in [0.2, 0.25) is 0 Å². The molecule has 0 aromatic heterocycles. The molecule has 1 fully saturated rings. The van der Waals surface area contributed by atoms with E-state index in [9.17, 15) is 4.79 Å². The van der Waals surface area contributed by atoms with Crippen molar-refractivity contribution in [2.75, 3.05) is 33.7 Å². The van der Waals surface area contributed by atoms with E-state index in [0.29, 0.717) is 6.54 Å². The van der Waals surface area contributed by atoms with Crippen LogP contribution in [0.4, 0.5) is 0 Å². The van der Waals surface area contributed by atoms with Crippen molar-refractivity contribution in [3.8, 4) is 0 Å². The summed E-state index contributed by atoms with van der Waals surface area (Å²) in [6.45, 7) is 4.67. The molecule has 0 saturated carbocycles. The Morgan fingerprint density at radius 3 is 2.69 bits per heavy atom. The van der Waals surface area contributed by atoms with Crippen LogP contribution in [-0.2, 0) is 4.79 Å². The lowest BCUT2D eigenvalue weighted by molar-refractivity contribution is -0.118. The van der Waals surface area contributed by atoms with E-state index in [-0.39, 0.29) is 5.78 Å². The first-order valence-electron chi connectivity index (χ1n) is 4.76. The first-order valence-corrected chi connectivity index (χ1v) is 4.76. The lowest BCUT2D eigenvalue weighted by Crippen LogP contribution is -2.37. The molecule has 0 bridgehead atoms. The average molecular weight is 182 g/mol. The minimum Gasteiger partial charge on any atom is -0.383 e. The summed E-state index contributed by atoms with van der Waals surface area (Å²) < 4.78 is 0. The molecule has 1 aliphatic rings. The van der Waals surface area contributed by atoms with E-state index in [1.54, 1.807) is 0 Å². The Labute approximate surface area is 80.0 Å². The number of ketones is 1. The van der Waals surface area contributed by atoms with Gasteiger partial charge in [-0.05, 0) is 13.0 Å². The van der Waals surface area contributed by atoms with E-state index in [1.807, 2.05) is 25.2 Å². The van der Waals surface area contributed by atoms with Crippen molar-refractivity contribution < 1.29 is 4.79 Å². The molecule has 0 N–H and O–H groups in total. The van der Waals surface area contributed by atoms with E-state index in [1.165, 1.54) is 0 Å². The van der Waals surface area contributed by atoms with Crippen molar-refractivity contribution in [1.29, 1.82) is 0 Å². The minimum atomic E-state index is 0.279. The Morgan fingerprint density at radius 2 is 2.23 bits per heavy atom. The second-order valence-corrected chi connectivity index (χ2v) is 3.66. The molecule has 1 saturated heterocycles. The maximum absolute atomic E-state index is 11.6. The SMILES string of the molecule is CCN1CC/C(=C/N(C)C)C(=O)C1. The smallest absolute Gasteiger partial charge is 0.174 e. The van der Waals surface area contributed by atoms with Crippen molar-refractivity contribution in [2.45, 2.75) is 13.3 Å². The molecule has 0 aromatic rings. The van der Waals surface area contributed by atoms with Crippen LogP contribution >= 0.6 is 0 Å². The lowest BCUT2D eigenvalue weighted by atomic mass is 10.0. The van der Waals surface area contributed by atoms with Crippen molar-refractivity contribution in [1.82, 2.24) is 9.80 Å². The number of nitrogens with zero attached hydrogens (tertiary/aromatic N) is 2. The standard InChI is InChI=1S/C10H18N2O/c1-4-12-6-5-9(7-11(2)3)10(13)8-12/h7H,4-6,8H2,1-3H3/b9-7-. The predicted octanol–water partition coefficient (Wildman–Crippen LogP) is 0.727. The van der Waals surface area contributed by atoms with Crippen LogP contribution in [0.15, 0.2) is 11.8 Å². The van der Waals surface area contributed by atoms with E-state index in [2.05, 4.69) is 11.8 Å². The summed E-state index contributed by atoms with van der Waals surface area (Å²) >= 11 is 0. The van der Waals surface area contributed by atoms with Crippen LogP contribution in [0.25, 0.3) is 0 Å². The van der Waals surface area contributed by atoms with Crippen molar-refractivity contribution in [3.63, 3.8) is 0 Å². The largest absolute Gasteiger partial charge is 0.383 e. The van der Waals surface area contributed by atoms with Gasteiger partial charge in [0.25, 0.3) is 0 Å². The van der Waals surface area contributed by atoms with E-state index in [0.717, 1.165) is 25.1 Å². The summed E-state index contributed by atoms with van der Waals surface area (Å²) in [5.41, 5.74) is 0.967. The molecule has 13 heavy (non-hydrogen) atoms. The molecular weight excluding hydrogens is 164 g/mol. The number of Topliss-reactive ketones (excluding diaryl/α,β-unsaturated/α-hetero) is 1. The molecular formula is C10H18N2O. The molecule has 0 spiro atoms. The third-order valence-electron chi connectivity index (χ3n) is 2.28. The van der Waals surface area contributed by atoms with Gasteiger partial charge >= 0.3 is 0 Å². The fourth-order valence-corrected chi connectivity index (χ4v) is 1.52. The van der Waals surface area contributed by atoms with E-state index in [4.69, 9.17) is 0 Å². The van der Waals surface area contributed by atoms with Gasteiger partial charge < -0.3 is 4.90 Å². The van der Waals surface area contributed by atoms with Gasteiger partial charge in [0, 0.05) is 32.4 Å². The zero-order valence-electron chi connectivity index (χ0n) is 8.71. The molecule has 74 valence electrons. The maximum Gasteiger partial charge on any atom is 0.174 e. The van der Waals surface area contributed by atoms with Crippen LogP contribution in [0.5, 0.6) is 0 Å². The first kappa shape index (κ1) is 10.3. The van der Waals surface area contributed by atoms with Crippen molar-refractivity contribution in [2.24, 2.45) is 0 Å². The molecule has 3 nitrogen and oxygen atoms in total. The second kappa shape index (κ2) is 4.42.